The molecule has 0 aliphatic heterocycles. The summed E-state index contributed by atoms with van der Waals surface area (Å²) < 4.78 is 1.10. The summed E-state index contributed by atoms with van der Waals surface area (Å²) in [7, 11) is 0. The van der Waals surface area contributed by atoms with Crippen LogP contribution in [0.3, 0.4) is 0 Å². The fourth-order valence-electron chi connectivity index (χ4n) is 1.56. The van der Waals surface area contributed by atoms with Crippen molar-refractivity contribution in [2.45, 2.75) is 13.0 Å². The maximum Gasteiger partial charge on any atom is 0.0531 e. The molecule has 0 spiro atoms. The summed E-state index contributed by atoms with van der Waals surface area (Å²) in [5.41, 5.74) is 2.29. The highest BCUT2D eigenvalue weighted by molar-refractivity contribution is 9.10. The molecule has 0 saturated carbocycles. The smallest absolute Gasteiger partial charge is 0.0531 e. The van der Waals surface area contributed by atoms with E-state index in [1.807, 2.05) is 30.5 Å². The van der Waals surface area contributed by atoms with Gasteiger partial charge >= 0.3 is 0 Å². The number of anilines is 1. The molecule has 1 heterocycles. The van der Waals surface area contributed by atoms with E-state index in [0.29, 0.717) is 0 Å². The Morgan fingerprint density at radius 2 is 2.12 bits per heavy atom. The van der Waals surface area contributed by atoms with Gasteiger partial charge in [0, 0.05) is 22.9 Å². The maximum absolute atomic E-state index is 4.08. The molecule has 2 nitrogen and oxygen atoms in total. The van der Waals surface area contributed by atoms with Crippen molar-refractivity contribution in [3.05, 3.63) is 58.8 Å². The highest BCUT2D eigenvalue weighted by atomic mass is 79.9. The number of hydrogen-bond acceptors (Lipinski definition) is 2. The van der Waals surface area contributed by atoms with Gasteiger partial charge < -0.3 is 5.32 Å². The molecule has 16 heavy (non-hydrogen) atoms. The highest BCUT2D eigenvalue weighted by Crippen LogP contribution is 2.21. The molecule has 1 aromatic heterocycles. The Hall–Kier alpha value is -1.35. The van der Waals surface area contributed by atoms with Crippen LogP contribution in [0.5, 0.6) is 0 Å². The number of rotatable bonds is 3. The lowest BCUT2D eigenvalue weighted by atomic mass is 10.1. The van der Waals surface area contributed by atoms with E-state index in [1.165, 1.54) is 5.56 Å². The predicted octanol–water partition coefficient (Wildman–Crippen LogP) is 4.02. The number of aromatic nitrogens is 1. The number of hydrogen-bond donors (Lipinski definition) is 1. The Kier molecular flexibility index (Phi) is 3.57. The van der Waals surface area contributed by atoms with E-state index in [2.05, 4.69) is 45.3 Å². The third-order valence-corrected chi connectivity index (χ3v) is 2.89. The van der Waals surface area contributed by atoms with Crippen LogP contribution in [0.25, 0.3) is 0 Å². The van der Waals surface area contributed by atoms with Crippen LogP contribution in [0, 0.1) is 0 Å². The van der Waals surface area contributed by atoms with E-state index < -0.39 is 0 Å². The van der Waals surface area contributed by atoms with Gasteiger partial charge in [0.05, 0.1) is 5.69 Å². The topological polar surface area (TPSA) is 24.9 Å². The van der Waals surface area contributed by atoms with Crippen molar-refractivity contribution in [2.75, 3.05) is 5.32 Å². The van der Waals surface area contributed by atoms with Crippen LogP contribution in [0.2, 0.25) is 0 Å². The quantitative estimate of drug-likeness (QED) is 0.916. The Balaban J connectivity index is 2.12. The second-order valence-electron chi connectivity index (χ2n) is 3.66. The molecular weight excluding hydrogens is 264 g/mol. The SMILES string of the molecule is CC(Nc1cccnc1)c1cccc(Br)c1. The van der Waals surface area contributed by atoms with Crippen LogP contribution in [-0.4, -0.2) is 4.98 Å². The summed E-state index contributed by atoms with van der Waals surface area (Å²) in [4.78, 5) is 4.08. The van der Waals surface area contributed by atoms with Crippen LogP contribution < -0.4 is 5.32 Å². The average Bonchev–Trinajstić information content (AvgIpc) is 2.30. The van der Waals surface area contributed by atoms with E-state index >= 15 is 0 Å². The van der Waals surface area contributed by atoms with Gasteiger partial charge in [-0.15, -0.1) is 0 Å². The Labute approximate surface area is 104 Å². The van der Waals surface area contributed by atoms with Gasteiger partial charge in [0.1, 0.15) is 0 Å². The van der Waals surface area contributed by atoms with E-state index in [9.17, 15) is 0 Å². The lowest BCUT2D eigenvalue weighted by Gasteiger charge is -2.15. The minimum absolute atomic E-state index is 0.265. The van der Waals surface area contributed by atoms with E-state index in [1.54, 1.807) is 6.20 Å². The van der Waals surface area contributed by atoms with Gasteiger partial charge in [-0.25, -0.2) is 0 Å². The molecule has 0 fully saturated rings. The van der Waals surface area contributed by atoms with Gasteiger partial charge in [0.25, 0.3) is 0 Å². The molecule has 0 radical (unpaired) electrons. The van der Waals surface area contributed by atoms with Crippen molar-refractivity contribution >= 4 is 21.6 Å². The van der Waals surface area contributed by atoms with Gasteiger partial charge in [-0.1, -0.05) is 28.1 Å². The number of halogens is 1. The summed E-state index contributed by atoms with van der Waals surface area (Å²) in [6, 6.07) is 12.5. The van der Waals surface area contributed by atoms with Crippen molar-refractivity contribution in [2.24, 2.45) is 0 Å². The molecule has 1 N–H and O–H groups in total. The van der Waals surface area contributed by atoms with Crippen LogP contribution in [0.15, 0.2) is 53.3 Å². The minimum atomic E-state index is 0.265. The molecule has 2 rings (SSSR count). The normalized spacial score (nSPS) is 12.1. The number of pyridine rings is 1. The van der Waals surface area contributed by atoms with Crippen molar-refractivity contribution in [1.29, 1.82) is 0 Å². The highest BCUT2D eigenvalue weighted by Gasteiger charge is 2.04. The number of nitrogens with one attached hydrogen (secondary N) is 1. The molecule has 2 aromatic rings. The first kappa shape index (κ1) is 11.1. The molecule has 0 saturated heterocycles. The van der Waals surface area contributed by atoms with Crippen LogP contribution >= 0.6 is 15.9 Å². The Morgan fingerprint density at radius 1 is 1.25 bits per heavy atom. The van der Waals surface area contributed by atoms with Gasteiger partial charge in [-0.2, -0.15) is 0 Å². The number of benzene rings is 1. The first-order valence-electron chi connectivity index (χ1n) is 5.18. The lowest BCUT2D eigenvalue weighted by molar-refractivity contribution is 0.882. The molecule has 1 atom stereocenters. The summed E-state index contributed by atoms with van der Waals surface area (Å²) in [6.45, 7) is 2.13. The largest absolute Gasteiger partial charge is 0.377 e. The Bertz CT molecular complexity index is 456. The molecule has 1 aromatic carbocycles. The molecule has 1 unspecified atom stereocenters. The van der Waals surface area contributed by atoms with Crippen LogP contribution in [-0.2, 0) is 0 Å². The zero-order valence-corrected chi connectivity index (χ0v) is 10.6. The van der Waals surface area contributed by atoms with Gasteiger partial charge in [0.2, 0.25) is 0 Å². The standard InChI is InChI=1S/C13H13BrN2/c1-10(11-4-2-5-12(14)8-11)16-13-6-3-7-15-9-13/h2-10,16H,1H3. The minimum Gasteiger partial charge on any atom is -0.377 e. The zero-order chi connectivity index (χ0) is 11.4. The maximum atomic E-state index is 4.08. The summed E-state index contributed by atoms with van der Waals surface area (Å²) in [5.74, 6) is 0. The van der Waals surface area contributed by atoms with Crippen molar-refractivity contribution in [3.8, 4) is 0 Å². The van der Waals surface area contributed by atoms with E-state index in [4.69, 9.17) is 0 Å². The first-order chi connectivity index (χ1) is 7.75. The summed E-state index contributed by atoms with van der Waals surface area (Å²) in [6.07, 6.45) is 3.60. The second-order valence-corrected chi connectivity index (χ2v) is 4.58. The Morgan fingerprint density at radius 3 is 2.81 bits per heavy atom. The fraction of sp³-hybridized carbons (Fsp3) is 0.154. The summed E-state index contributed by atoms with van der Waals surface area (Å²) >= 11 is 3.48. The van der Waals surface area contributed by atoms with Crippen molar-refractivity contribution in [1.82, 2.24) is 4.98 Å². The first-order valence-corrected chi connectivity index (χ1v) is 5.97. The third-order valence-electron chi connectivity index (χ3n) is 2.39. The third kappa shape index (κ3) is 2.83. The molecule has 0 bridgehead atoms. The molecule has 3 heteroatoms. The molecule has 82 valence electrons. The zero-order valence-electron chi connectivity index (χ0n) is 9.02. The van der Waals surface area contributed by atoms with Gasteiger partial charge in [0.15, 0.2) is 0 Å². The monoisotopic (exact) mass is 276 g/mol. The lowest BCUT2D eigenvalue weighted by Crippen LogP contribution is -2.06. The van der Waals surface area contributed by atoms with Gasteiger partial charge in [-0.05, 0) is 36.8 Å². The number of nitrogens with zero attached hydrogens (tertiary/aromatic N) is 1. The van der Waals surface area contributed by atoms with Gasteiger partial charge in [-0.3, -0.25) is 4.98 Å². The predicted molar refractivity (Wildman–Crippen MR) is 70.4 cm³/mol. The second kappa shape index (κ2) is 5.12. The van der Waals surface area contributed by atoms with Crippen molar-refractivity contribution in [3.63, 3.8) is 0 Å². The van der Waals surface area contributed by atoms with Crippen molar-refractivity contribution < 1.29 is 0 Å². The average molecular weight is 277 g/mol. The van der Waals surface area contributed by atoms with Crippen LogP contribution in [0.1, 0.15) is 18.5 Å². The molecule has 0 amide bonds. The fourth-order valence-corrected chi connectivity index (χ4v) is 1.97. The molecular formula is C13H13BrN2. The summed E-state index contributed by atoms with van der Waals surface area (Å²) in [5, 5.41) is 3.40. The van der Waals surface area contributed by atoms with E-state index in [-0.39, 0.29) is 6.04 Å². The molecule has 0 aliphatic rings. The molecule has 0 aliphatic carbocycles. The van der Waals surface area contributed by atoms with E-state index in [0.717, 1.165) is 10.2 Å². The van der Waals surface area contributed by atoms with Crippen LogP contribution in [0.4, 0.5) is 5.69 Å².